The Bertz CT molecular complexity index is 762. The number of hydrogen-bond acceptors (Lipinski definition) is 2. The molecular formula is C20H20N2. The van der Waals surface area contributed by atoms with Crippen LogP contribution in [0, 0.1) is 27.7 Å². The predicted octanol–water partition coefficient (Wildman–Crippen LogP) is 4.23. The number of benzene rings is 2. The van der Waals surface area contributed by atoms with Crippen molar-refractivity contribution in [3.05, 3.63) is 68.8 Å². The molecule has 0 aliphatic heterocycles. The molecule has 2 aliphatic rings. The van der Waals surface area contributed by atoms with Crippen molar-refractivity contribution < 1.29 is 0 Å². The van der Waals surface area contributed by atoms with Gasteiger partial charge in [-0.25, -0.2) is 0 Å². The lowest BCUT2D eigenvalue weighted by Crippen LogP contribution is -2.24. The van der Waals surface area contributed by atoms with Gasteiger partial charge in [-0.15, -0.1) is 0 Å². The minimum Gasteiger partial charge on any atom is -0.154 e. The maximum atomic E-state index is 4.55. The van der Waals surface area contributed by atoms with E-state index in [4.69, 9.17) is 0 Å². The highest BCUT2D eigenvalue weighted by Crippen LogP contribution is 2.31. The third-order valence-electron chi connectivity index (χ3n) is 4.71. The molecule has 0 N–H and O–H groups in total. The molecule has 0 atom stereocenters. The van der Waals surface area contributed by atoms with Gasteiger partial charge >= 0.3 is 0 Å². The molecule has 0 unspecified atom stereocenters. The summed E-state index contributed by atoms with van der Waals surface area (Å²) in [6, 6.07) is 8.98. The number of fused-ring (bicyclic) bond motifs is 2. The molecule has 0 heterocycles. The van der Waals surface area contributed by atoms with Crippen molar-refractivity contribution >= 4 is 11.4 Å². The van der Waals surface area contributed by atoms with Gasteiger partial charge in [-0.05, 0) is 49.9 Å². The molecule has 4 rings (SSSR count). The monoisotopic (exact) mass is 288 g/mol. The van der Waals surface area contributed by atoms with Crippen molar-refractivity contribution in [1.29, 1.82) is 0 Å². The summed E-state index contributed by atoms with van der Waals surface area (Å²) in [5.74, 6) is 0. The van der Waals surface area contributed by atoms with Gasteiger partial charge in [-0.1, -0.05) is 35.4 Å². The number of nitrogens with zero attached hydrogens (tertiary/aromatic N) is 2. The molecule has 2 aromatic carbocycles. The second-order valence-corrected chi connectivity index (χ2v) is 6.68. The Balaban J connectivity index is 1.66. The highest BCUT2D eigenvalue weighted by molar-refractivity contribution is 6.14. The quantitative estimate of drug-likeness (QED) is 0.702. The van der Waals surface area contributed by atoms with Crippen LogP contribution < -0.4 is 0 Å². The Kier molecular flexibility index (Phi) is 2.83. The van der Waals surface area contributed by atoms with Crippen LogP contribution in [-0.2, 0) is 12.8 Å². The molecule has 2 heteroatoms. The van der Waals surface area contributed by atoms with E-state index in [1.54, 1.807) is 0 Å². The average molecular weight is 288 g/mol. The number of aryl methyl sites for hydroxylation is 4. The van der Waals surface area contributed by atoms with Crippen LogP contribution in [-0.4, -0.2) is 11.4 Å². The second kappa shape index (κ2) is 4.64. The van der Waals surface area contributed by atoms with Gasteiger partial charge in [-0.2, -0.15) is 10.2 Å². The standard InChI is InChI=1S/C20H20N2/c1-11-5-13(3)19-15(7-11)9-17(19)21-22-18-10-16-8-12(2)6-14(4)20(16)18/h5-8H,9-10H2,1-4H3/b21-17-,22-18+. The molecule has 0 spiro atoms. The molecule has 2 nitrogen and oxygen atoms in total. The van der Waals surface area contributed by atoms with E-state index in [1.165, 1.54) is 44.5 Å². The van der Waals surface area contributed by atoms with Crippen molar-refractivity contribution in [3.8, 4) is 0 Å². The van der Waals surface area contributed by atoms with Gasteiger partial charge in [0, 0.05) is 24.0 Å². The molecule has 110 valence electrons. The first-order chi connectivity index (χ1) is 10.5. The van der Waals surface area contributed by atoms with Gasteiger partial charge in [0.2, 0.25) is 0 Å². The molecular weight excluding hydrogens is 268 g/mol. The summed E-state index contributed by atoms with van der Waals surface area (Å²) >= 11 is 0. The third kappa shape index (κ3) is 1.94. The van der Waals surface area contributed by atoms with Gasteiger partial charge in [0.15, 0.2) is 0 Å². The summed E-state index contributed by atoms with van der Waals surface area (Å²) in [5, 5.41) is 9.10. The number of rotatable bonds is 1. The molecule has 0 bridgehead atoms. The Labute approximate surface area is 131 Å². The van der Waals surface area contributed by atoms with E-state index in [9.17, 15) is 0 Å². The molecule has 0 saturated heterocycles. The average Bonchev–Trinajstić information content (AvgIpc) is 2.35. The van der Waals surface area contributed by atoms with Crippen LogP contribution in [0.3, 0.4) is 0 Å². The van der Waals surface area contributed by atoms with E-state index in [1.807, 2.05) is 0 Å². The zero-order valence-corrected chi connectivity index (χ0v) is 13.6. The first-order valence-corrected chi connectivity index (χ1v) is 7.87. The van der Waals surface area contributed by atoms with Gasteiger partial charge < -0.3 is 0 Å². The fourth-order valence-electron chi connectivity index (χ4n) is 3.83. The summed E-state index contributed by atoms with van der Waals surface area (Å²) in [6.07, 6.45) is 1.91. The van der Waals surface area contributed by atoms with Crippen molar-refractivity contribution in [2.75, 3.05) is 0 Å². The zero-order chi connectivity index (χ0) is 15.4. The van der Waals surface area contributed by atoms with E-state index in [0.717, 1.165) is 24.3 Å². The SMILES string of the molecule is Cc1cc(C)c2c(c1)C/C2=N/N=C1\Cc2cc(C)cc(C)c21. The highest BCUT2D eigenvalue weighted by atomic mass is 15.2. The summed E-state index contributed by atoms with van der Waals surface area (Å²) in [6.45, 7) is 8.63. The molecule has 0 radical (unpaired) electrons. The lowest BCUT2D eigenvalue weighted by Gasteiger charge is -2.25. The maximum Gasteiger partial charge on any atom is 0.0752 e. The zero-order valence-electron chi connectivity index (χ0n) is 13.6. The van der Waals surface area contributed by atoms with E-state index in [2.05, 4.69) is 62.2 Å². The third-order valence-corrected chi connectivity index (χ3v) is 4.71. The minimum atomic E-state index is 0.953. The van der Waals surface area contributed by atoms with Crippen molar-refractivity contribution in [2.24, 2.45) is 10.2 Å². The van der Waals surface area contributed by atoms with Crippen LogP contribution in [0.4, 0.5) is 0 Å². The van der Waals surface area contributed by atoms with Gasteiger partial charge in [0.25, 0.3) is 0 Å². The van der Waals surface area contributed by atoms with Crippen molar-refractivity contribution in [1.82, 2.24) is 0 Å². The molecule has 22 heavy (non-hydrogen) atoms. The summed E-state index contributed by atoms with van der Waals surface area (Å²) in [4.78, 5) is 0. The Morgan fingerprint density at radius 2 is 1.05 bits per heavy atom. The normalized spacial score (nSPS) is 18.7. The number of hydrogen-bond donors (Lipinski definition) is 0. The largest absolute Gasteiger partial charge is 0.154 e. The molecule has 0 fully saturated rings. The van der Waals surface area contributed by atoms with Crippen LogP contribution in [0.15, 0.2) is 34.5 Å². The Morgan fingerprint density at radius 1 is 0.636 bits per heavy atom. The first kappa shape index (κ1) is 13.4. The lowest BCUT2D eigenvalue weighted by molar-refractivity contribution is 1.07. The second-order valence-electron chi connectivity index (χ2n) is 6.68. The lowest BCUT2D eigenvalue weighted by atomic mass is 9.81. The van der Waals surface area contributed by atoms with E-state index in [-0.39, 0.29) is 0 Å². The van der Waals surface area contributed by atoms with Gasteiger partial charge in [0.05, 0.1) is 11.4 Å². The smallest absolute Gasteiger partial charge is 0.0752 e. The predicted molar refractivity (Wildman–Crippen MR) is 92.3 cm³/mol. The molecule has 0 amide bonds. The fraction of sp³-hybridized carbons (Fsp3) is 0.300. The molecule has 2 aliphatic carbocycles. The van der Waals surface area contributed by atoms with Crippen LogP contribution in [0.5, 0.6) is 0 Å². The molecule has 2 aromatic rings. The van der Waals surface area contributed by atoms with Crippen LogP contribution >= 0.6 is 0 Å². The Hall–Kier alpha value is -2.22. The maximum absolute atomic E-state index is 4.55. The van der Waals surface area contributed by atoms with Crippen molar-refractivity contribution in [3.63, 3.8) is 0 Å². The topological polar surface area (TPSA) is 24.7 Å². The van der Waals surface area contributed by atoms with E-state index < -0.39 is 0 Å². The fourth-order valence-corrected chi connectivity index (χ4v) is 3.83. The highest BCUT2D eigenvalue weighted by Gasteiger charge is 2.26. The molecule has 0 saturated carbocycles. The first-order valence-electron chi connectivity index (χ1n) is 7.87. The van der Waals surface area contributed by atoms with Crippen LogP contribution in [0.1, 0.15) is 44.5 Å². The van der Waals surface area contributed by atoms with E-state index >= 15 is 0 Å². The van der Waals surface area contributed by atoms with E-state index in [0.29, 0.717) is 0 Å². The summed E-state index contributed by atoms with van der Waals surface area (Å²) < 4.78 is 0. The summed E-state index contributed by atoms with van der Waals surface area (Å²) in [7, 11) is 0. The Morgan fingerprint density at radius 3 is 1.41 bits per heavy atom. The van der Waals surface area contributed by atoms with Crippen molar-refractivity contribution in [2.45, 2.75) is 40.5 Å². The minimum absolute atomic E-state index is 0.953. The summed E-state index contributed by atoms with van der Waals surface area (Å²) in [5.41, 5.74) is 13.0. The van der Waals surface area contributed by atoms with Gasteiger partial charge in [0.1, 0.15) is 0 Å². The van der Waals surface area contributed by atoms with Gasteiger partial charge in [-0.3, -0.25) is 0 Å². The van der Waals surface area contributed by atoms with Crippen LogP contribution in [0.25, 0.3) is 0 Å². The molecule has 0 aromatic heterocycles. The van der Waals surface area contributed by atoms with Crippen LogP contribution in [0.2, 0.25) is 0 Å².